The van der Waals surface area contributed by atoms with Gasteiger partial charge in [-0.15, -0.1) is 0 Å². The molecule has 0 bridgehead atoms. The average Bonchev–Trinajstić information content (AvgIpc) is 3.23. The highest BCUT2D eigenvalue weighted by atomic mass is 16.7. The van der Waals surface area contributed by atoms with Crippen LogP contribution in [0.15, 0.2) is 109 Å². The Morgan fingerprint density at radius 1 is 0.500 bits per heavy atom. The van der Waals surface area contributed by atoms with Crippen molar-refractivity contribution in [2.24, 2.45) is 0 Å². The van der Waals surface area contributed by atoms with Gasteiger partial charge in [-0.3, -0.25) is 9.59 Å². The minimum Gasteiger partial charge on any atom is -0.545 e. The molecule has 0 N–H and O–H groups in total. The average molecular weight is 864 g/mol. The fourth-order valence-corrected chi connectivity index (χ4v) is 5.61. The molecule has 350 valence electrons. The highest BCUT2D eigenvalue weighted by Gasteiger charge is 2.21. The molecule has 0 aliphatic rings. The molecule has 2 unspecified atom stereocenters. The molecule has 0 aromatic heterocycles. The van der Waals surface area contributed by atoms with Gasteiger partial charge in [0, 0.05) is 12.8 Å². The molecule has 0 saturated heterocycles. The van der Waals surface area contributed by atoms with Crippen molar-refractivity contribution in [1.82, 2.24) is 0 Å². The van der Waals surface area contributed by atoms with Crippen LogP contribution < -0.4 is 5.11 Å². The zero-order chi connectivity index (χ0) is 45.6. The number of carbonyl (C=O) groups is 3. The van der Waals surface area contributed by atoms with Crippen molar-refractivity contribution >= 4 is 17.9 Å². The van der Waals surface area contributed by atoms with E-state index < -0.39 is 24.3 Å². The number of likely N-dealkylation sites (N-methyl/N-ethyl adjacent to an activating group) is 1. The van der Waals surface area contributed by atoms with Crippen LogP contribution >= 0.6 is 0 Å². The van der Waals surface area contributed by atoms with Crippen LogP contribution in [0, 0.1) is 0 Å². The number of rotatable bonds is 41. The maximum Gasteiger partial charge on any atom is 0.306 e. The Hall–Kier alpha value is -4.05. The number of carboxylic acids is 1. The lowest BCUT2D eigenvalue weighted by Gasteiger charge is -2.26. The van der Waals surface area contributed by atoms with Crippen LogP contribution in [-0.4, -0.2) is 82.3 Å². The Kier molecular flexibility index (Phi) is 40.7. The van der Waals surface area contributed by atoms with E-state index in [2.05, 4.69) is 123 Å². The van der Waals surface area contributed by atoms with E-state index in [-0.39, 0.29) is 38.6 Å². The number of carboxylic acid groups (broad SMARTS) is 1. The molecule has 0 heterocycles. The van der Waals surface area contributed by atoms with Crippen molar-refractivity contribution in [1.29, 1.82) is 0 Å². The summed E-state index contributed by atoms with van der Waals surface area (Å²) in [5, 5.41) is 11.7. The summed E-state index contributed by atoms with van der Waals surface area (Å²) >= 11 is 0. The van der Waals surface area contributed by atoms with Gasteiger partial charge in [0.1, 0.15) is 13.2 Å². The monoisotopic (exact) mass is 864 g/mol. The number of ether oxygens (including phenoxy) is 4. The first-order valence-corrected chi connectivity index (χ1v) is 23.5. The second-order valence-electron chi connectivity index (χ2n) is 16.3. The van der Waals surface area contributed by atoms with E-state index in [1.165, 1.54) is 6.42 Å². The third-order valence-corrected chi connectivity index (χ3v) is 9.24. The molecule has 0 radical (unpaired) electrons. The molecule has 62 heavy (non-hydrogen) atoms. The lowest BCUT2D eigenvalue weighted by molar-refractivity contribution is -0.870. The quantitative estimate of drug-likeness (QED) is 0.0196. The maximum absolute atomic E-state index is 12.7. The molecular formula is C53H85NO8. The number of allylic oxidation sites excluding steroid dienone is 18. The summed E-state index contributed by atoms with van der Waals surface area (Å²) in [6.07, 6.45) is 55.7. The minimum absolute atomic E-state index is 0.131. The molecule has 0 aromatic carbocycles. The minimum atomic E-state index is -1.64. The van der Waals surface area contributed by atoms with Gasteiger partial charge in [-0.25, -0.2) is 0 Å². The van der Waals surface area contributed by atoms with Crippen LogP contribution in [0.25, 0.3) is 0 Å². The van der Waals surface area contributed by atoms with Gasteiger partial charge >= 0.3 is 11.9 Å². The molecule has 0 spiro atoms. The Morgan fingerprint density at radius 2 is 0.919 bits per heavy atom. The second kappa shape index (κ2) is 43.6. The smallest absolute Gasteiger partial charge is 0.306 e. The molecular weight excluding hydrogens is 779 g/mol. The number of nitrogens with zero attached hydrogens (tertiary/aromatic N) is 1. The van der Waals surface area contributed by atoms with Gasteiger partial charge in [0.2, 0.25) is 0 Å². The third kappa shape index (κ3) is 44.0. The molecule has 0 aliphatic carbocycles. The number of hydrogen-bond donors (Lipinski definition) is 0. The number of unbranched alkanes of at least 4 members (excludes halogenated alkanes) is 8. The van der Waals surface area contributed by atoms with Crippen LogP contribution in [0.5, 0.6) is 0 Å². The first kappa shape index (κ1) is 58.0. The molecule has 9 heteroatoms. The summed E-state index contributed by atoms with van der Waals surface area (Å²) < 4.78 is 22.4. The SMILES string of the molecule is CC/C=C\C/C=C\C/C=C\C/C=C\C/C=C\C/C=C\C/C=C\C/C=C\CCCCC(=O)OC(COC(=O)CCCCCCC/C=C\CCC)COC(OCC[N+](C)(C)C)C(=O)[O-]. The van der Waals surface area contributed by atoms with Crippen LogP contribution in [-0.2, 0) is 33.3 Å². The lowest BCUT2D eigenvalue weighted by Crippen LogP contribution is -2.44. The summed E-state index contributed by atoms with van der Waals surface area (Å²) in [6, 6.07) is 0. The van der Waals surface area contributed by atoms with Crippen LogP contribution in [0.4, 0.5) is 0 Å². The third-order valence-electron chi connectivity index (χ3n) is 9.24. The normalized spacial score (nSPS) is 13.9. The maximum atomic E-state index is 12.7. The molecule has 0 rings (SSSR count). The zero-order valence-electron chi connectivity index (χ0n) is 39.4. The van der Waals surface area contributed by atoms with Crippen molar-refractivity contribution in [2.75, 3.05) is 47.5 Å². The molecule has 0 aromatic rings. The summed E-state index contributed by atoms with van der Waals surface area (Å²) in [6.45, 7) is 4.46. The zero-order valence-corrected chi connectivity index (χ0v) is 39.4. The summed E-state index contributed by atoms with van der Waals surface area (Å²) in [5.74, 6) is -2.38. The molecule has 0 fully saturated rings. The Labute approximate surface area is 377 Å². The molecule has 0 amide bonds. The Bertz CT molecular complexity index is 1380. The van der Waals surface area contributed by atoms with Gasteiger partial charge < -0.3 is 33.3 Å². The Morgan fingerprint density at radius 3 is 1.42 bits per heavy atom. The van der Waals surface area contributed by atoms with E-state index in [1.807, 2.05) is 21.1 Å². The van der Waals surface area contributed by atoms with E-state index in [4.69, 9.17) is 18.9 Å². The second-order valence-corrected chi connectivity index (χ2v) is 16.3. The Balaban J connectivity index is 4.45. The predicted molar refractivity (Wildman–Crippen MR) is 255 cm³/mol. The van der Waals surface area contributed by atoms with Gasteiger partial charge in [-0.2, -0.15) is 0 Å². The lowest BCUT2D eigenvalue weighted by atomic mass is 10.1. The summed E-state index contributed by atoms with van der Waals surface area (Å²) in [7, 11) is 5.87. The van der Waals surface area contributed by atoms with E-state index in [1.54, 1.807) is 0 Å². The highest BCUT2D eigenvalue weighted by Crippen LogP contribution is 2.11. The largest absolute Gasteiger partial charge is 0.545 e. The van der Waals surface area contributed by atoms with E-state index >= 15 is 0 Å². The van der Waals surface area contributed by atoms with Gasteiger partial charge in [-0.1, -0.05) is 149 Å². The van der Waals surface area contributed by atoms with E-state index in [0.717, 1.165) is 103 Å². The topological polar surface area (TPSA) is 111 Å². The van der Waals surface area contributed by atoms with Crippen molar-refractivity contribution < 1.29 is 42.9 Å². The van der Waals surface area contributed by atoms with Crippen LogP contribution in [0.3, 0.4) is 0 Å². The number of carbonyl (C=O) groups excluding carboxylic acids is 3. The molecule has 0 saturated carbocycles. The van der Waals surface area contributed by atoms with E-state index in [0.29, 0.717) is 23.9 Å². The fourth-order valence-electron chi connectivity index (χ4n) is 5.61. The van der Waals surface area contributed by atoms with Crippen molar-refractivity contribution in [3.63, 3.8) is 0 Å². The van der Waals surface area contributed by atoms with Gasteiger partial charge in [0.25, 0.3) is 0 Å². The van der Waals surface area contributed by atoms with Crippen LogP contribution in [0.1, 0.15) is 149 Å². The number of aliphatic carboxylic acids is 1. The molecule has 0 aliphatic heterocycles. The van der Waals surface area contributed by atoms with Gasteiger partial charge in [0.15, 0.2) is 12.4 Å². The molecule has 2 atom stereocenters. The van der Waals surface area contributed by atoms with Gasteiger partial charge in [-0.05, 0) is 96.3 Å². The fraction of sp³-hybridized carbons (Fsp3) is 0.604. The number of esters is 2. The summed E-state index contributed by atoms with van der Waals surface area (Å²) in [4.78, 5) is 36.9. The first-order valence-electron chi connectivity index (χ1n) is 23.5. The molecule has 9 nitrogen and oxygen atoms in total. The van der Waals surface area contributed by atoms with Gasteiger partial charge in [0.05, 0.1) is 40.3 Å². The number of hydrogen-bond acceptors (Lipinski definition) is 8. The predicted octanol–water partition coefficient (Wildman–Crippen LogP) is 11.5. The van der Waals surface area contributed by atoms with E-state index in [9.17, 15) is 19.5 Å². The summed E-state index contributed by atoms with van der Waals surface area (Å²) in [5.41, 5.74) is 0. The van der Waals surface area contributed by atoms with Crippen molar-refractivity contribution in [2.45, 2.75) is 161 Å². The van der Waals surface area contributed by atoms with Crippen molar-refractivity contribution in [3.8, 4) is 0 Å². The highest BCUT2D eigenvalue weighted by molar-refractivity contribution is 5.70. The van der Waals surface area contributed by atoms with Crippen molar-refractivity contribution in [3.05, 3.63) is 109 Å². The standard InChI is InChI=1S/C53H85NO8/c1-6-8-10-12-14-16-18-19-20-21-22-23-24-25-26-27-28-29-30-31-32-33-34-36-38-40-42-44-51(56)62-49(48-61-53(52(57)58)59-46-45-54(3,4)5)47-60-50(55)43-41-39-37-35-17-15-13-11-9-7-2/h8,10-11,13-14,16,19-20,22-23,25-26,28-29,31-32,34,36,49,53H,6-7,9,12,15,17-18,21,24,27,30,33,35,37-48H2,1-5H3/b10-8-,13-11-,16-14-,20-19-,23-22-,26-25-,29-28-,32-31-,36-34-. The number of quaternary nitrogens is 1. The van der Waals surface area contributed by atoms with Crippen LogP contribution in [0.2, 0.25) is 0 Å². The first-order chi connectivity index (χ1) is 30.1.